The van der Waals surface area contributed by atoms with Crippen LogP contribution in [0.2, 0.25) is 0 Å². The van der Waals surface area contributed by atoms with E-state index in [0.29, 0.717) is 6.61 Å². The maximum absolute atomic E-state index is 12.3. The van der Waals surface area contributed by atoms with Gasteiger partial charge in [0.2, 0.25) is 0 Å². The third kappa shape index (κ3) is 4.45. The van der Waals surface area contributed by atoms with Crippen LogP contribution in [0.25, 0.3) is 0 Å². The Labute approximate surface area is 149 Å². The fourth-order valence-electron chi connectivity index (χ4n) is 3.18. The van der Waals surface area contributed by atoms with E-state index in [2.05, 4.69) is 34.5 Å². The van der Waals surface area contributed by atoms with E-state index in [1.54, 1.807) is 0 Å². The molecule has 2 aliphatic heterocycles. The molecule has 2 aliphatic rings. The van der Waals surface area contributed by atoms with Crippen LogP contribution in [0.15, 0.2) is 30.3 Å². The van der Waals surface area contributed by atoms with E-state index < -0.39 is 0 Å². The van der Waals surface area contributed by atoms with Crippen LogP contribution in [0.4, 0.5) is 0 Å². The standard InChI is InChI=1S/C18H25N3O2S/c22-17(16-7-4-14-23-16)20-10-12-21(13-11-20)18(24)19-9-8-15-5-2-1-3-6-15/h1-3,5-6,16H,4,7-14H2,(H,19,24). The van der Waals surface area contributed by atoms with Crippen LogP contribution < -0.4 is 5.32 Å². The van der Waals surface area contributed by atoms with Crippen LogP contribution in [0.3, 0.4) is 0 Å². The molecule has 3 rings (SSSR count). The highest BCUT2D eigenvalue weighted by Crippen LogP contribution is 2.16. The Kier molecular flexibility index (Phi) is 6.04. The van der Waals surface area contributed by atoms with Gasteiger partial charge in [-0.2, -0.15) is 0 Å². The zero-order valence-electron chi connectivity index (χ0n) is 13.9. The minimum atomic E-state index is -0.215. The number of nitrogens with zero attached hydrogens (tertiary/aromatic N) is 2. The minimum absolute atomic E-state index is 0.148. The van der Waals surface area contributed by atoms with Crippen LogP contribution in [0.5, 0.6) is 0 Å². The van der Waals surface area contributed by atoms with Gasteiger partial charge in [-0.3, -0.25) is 4.79 Å². The number of hydrogen-bond acceptors (Lipinski definition) is 3. The van der Waals surface area contributed by atoms with Crippen molar-refractivity contribution in [2.45, 2.75) is 25.4 Å². The summed E-state index contributed by atoms with van der Waals surface area (Å²) in [6.07, 6.45) is 2.59. The van der Waals surface area contributed by atoms with Crippen LogP contribution >= 0.6 is 12.2 Å². The highest BCUT2D eigenvalue weighted by Gasteiger charge is 2.30. The Morgan fingerprint density at radius 1 is 1.17 bits per heavy atom. The number of piperazine rings is 1. The highest BCUT2D eigenvalue weighted by molar-refractivity contribution is 7.80. The van der Waals surface area contributed by atoms with Gasteiger partial charge in [0.15, 0.2) is 5.11 Å². The van der Waals surface area contributed by atoms with Gasteiger partial charge in [0.05, 0.1) is 0 Å². The summed E-state index contributed by atoms with van der Waals surface area (Å²) >= 11 is 5.49. The largest absolute Gasteiger partial charge is 0.368 e. The van der Waals surface area contributed by atoms with Crippen molar-refractivity contribution in [1.82, 2.24) is 15.1 Å². The third-order valence-corrected chi connectivity index (χ3v) is 5.02. The van der Waals surface area contributed by atoms with Crippen molar-refractivity contribution in [1.29, 1.82) is 0 Å². The molecule has 2 heterocycles. The molecule has 2 fully saturated rings. The van der Waals surface area contributed by atoms with E-state index in [9.17, 15) is 4.79 Å². The van der Waals surface area contributed by atoms with E-state index in [4.69, 9.17) is 17.0 Å². The van der Waals surface area contributed by atoms with Crippen LogP contribution in [0, 0.1) is 0 Å². The summed E-state index contributed by atoms with van der Waals surface area (Å²) in [5.74, 6) is 0.148. The van der Waals surface area contributed by atoms with Gasteiger partial charge >= 0.3 is 0 Å². The maximum Gasteiger partial charge on any atom is 0.251 e. The second kappa shape index (κ2) is 8.44. The van der Waals surface area contributed by atoms with Gasteiger partial charge < -0.3 is 19.9 Å². The number of carbonyl (C=O) groups is 1. The van der Waals surface area contributed by atoms with Gasteiger partial charge in [0, 0.05) is 39.3 Å². The lowest BCUT2D eigenvalue weighted by Gasteiger charge is -2.37. The maximum atomic E-state index is 12.3. The summed E-state index contributed by atoms with van der Waals surface area (Å²) in [5, 5.41) is 4.12. The molecule has 6 heteroatoms. The van der Waals surface area contributed by atoms with Gasteiger partial charge in [-0.15, -0.1) is 0 Å². The number of thiocarbonyl (C=S) groups is 1. The van der Waals surface area contributed by atoms with E-state index in [1.807, 2.05) is 11.0 Å². The summed E-state index contributed by atoms with van der Waals surface area (Å²) < 4.78 is 5.49. The number of hydrogen-bond donors (Lipinski definition) is 1. The minimum Gasteiger partial charge on any atom is -0.368 e. The van der Waals surface area contributed by atoms with E-state index in [1.165, 1.54) is 5.56 Å². The molecule has 0 spiro atoms. The molecule has 1 N–H and O–H groups in total. The van der Waals surface area contributed by atoms with E-state index in [0.717, 1.165) is 57.1 Å². The predicted octanol–water partition coefficient (Wildman–Crippen LogP) is 1.43. The number of benzene rings is 1. The zero-order chi connectivity index (χ0) is 16.8. The Balaban J connectivity index is 1.38. The van der Waals surface area contributed by atoms with E-state index in [-0.39, 0.29) is 12.0 Å². The molecule has 5 nitrogen and oxygen atoms in total. The first-order valence-corrected chi connectivity index (χ1v) is 9.12. The summed E-state index contributed by atoms with van der Waals surface area (Å²) in [6, 6.07) is 10.4. The molecule has 1 amide bonds. The topological polar surface area (TPSA) is 44.8 Å². The second-order valence-corrected chi connectivity index (χ2v) is 6.67. The summed E-state index contributed by atoms with van der Waals surface area (Å²) in [5.41, 5.74) is 1.31. The van der Waals surface area contributed by atoms with Gasteiger partial charge in [0.1, 0.15) is 6.10 Å². The van der Waals surface area contributed by atoms with Crippen molar-refractivity contribution >= 4 is 23.2 Å². The summed E-state index contributed by atoms with van der Waals surface area (Å²) in [7, 11) is 0. The zero-order valence-corrected chi connectivity index (χ0v) is 14.8. The van der Waals surface area contributed by atoms with Crippen LogP contribution in [-0.2, 0) is 16.0 Å². The molecule has 1 aromatic rings. The number of carbonyl (C=O) groups excluding carboxylic acids is 1. The molecule has 1 unspecified atom stereocenters. The fraction of sp³-hybridized carbons (Fsp3) is 0.556. The first-order valence-electron chi connectivity index (χ1n) is 8.71. The molecule has 0 aliphatic carbocycles. The number of amides is 1. The van der Waals surface area contributed by atoms with Crippen LogP contribution in [0.1, 0.15) is 18.4 Å². The lowest BCUT2D eigenvalue weighted by atomic mass is 10.1. The molecule has 130 valence electrons. The predicted molar refractivity (Wildman–Crippen MR) is 97.9 cm³/mol. The fourth-order valence-corrected chi connectivity index (χ4v) is 3.46. The van der Waals surface area contributed by atoms with Crippen molar-refractivity contribution in [2.75, 3.05) is 39.3 Å². The average Bonchev–Trinajstić information content (AvgIpc) is 3.17. The average molecular weight is 347 g/mol. The Morgan fingerprint density at radius 3 is 2.54 bits per heavy atom. The molecule has 0 saturated carbocycles. The lowest BCUT2D eigenvalue weighted by Crippen LogP contribution is -2.54. The molecule has 0 bridgehead atoms. The highest BCUT2D eigenvalue weighted by atomic mass is 32.1. The Hall–Kier alpha value is -1.66. The lowest BCUT2D eigenvalue weighted by molar-refractivity contribution is -0.142. The van der Waals surface area contributed by atoms with Gasteiger partial charge in [-0.1, -0.05) is 30.3 Å². The normalized spacial score (nSPS) is 20.9. The summed E-state index contributed by atoms with van der Waals surface area (Å²) in [6.45, 7) is 4.56. The first-order chi connectivity index (χ1) is 11.7. The molecule has 1 atom stereocenters. The number of rotatable bonds is 4. The van der Waals surface area contributed by atoms with Gasteiger partial charge in [0.25, 0.3) is 5.91 Å². The SMILES string of the molecule is O=C(C1CCCO1)N1CCN(C(=S)NCCc2ccccc2)CC1. The quantitative estimate of drug-likeness (QED) is 0.835. The molecule has 0 radical (unpaired) electrons. The monoisotopic (exact) mass is 347 g/mol. The van der Waals surface area contributed by atoms with Crippen molar-refractivity contribution in [3.05, 3.63) is 35.9 Å². The first kappa shape index (κ1) is 17.2. The van der Waals surface area contributed by atoms with Crippen molar-refractivity contribution in [2.24, 2.45) is 0 Å². The Bertz CT molecular complexity index is 553. The van der Waals surface area contributed by atoms with Crippen LogP contribution in [-0.4, -0.2) is 66.3 Å². The molecule has 0 aromatic heterocycles. The molecular formula is C18H25N3O2S. The van der Waals surface area contributed by atoms with Crippen molar-refractivity contribution in [3.8, 4) is 0 Å². The van der Waals surface area contributed by atoms with Gasteiger partial charge in [-0.25, -0.2) is 0 Å². The molecule has 2 saturated heterocycles. The van der Waals surface area contributed by atoms with Crippen molar-refractivity contribution in [3.63, 3.8) is 0 Å². The van der Waals surface area contributed by atoms with Gasteiger partial charge in [-0.05, 0) is 37.0 Å². The van der Waals surface area contributed by atoms with E-state index >= 15 is 0 Å². The Morgan fingerprint density at radius 2 is 1.88 bits per heavy atom. The third-order valence-electron chi connectivity index (χ3n) is 4.62. The number of ether oxygens (including phenoxy) is 1. The smallest absolute Gasteiger partial charge is 0.251 e. The molecular weight excluding hydrogens is 322 g/mol. The van der Waals surface area contributed by atoms with Crippen molar-refractivity contribution < 1.29 is 9.53 Å². The molecule has 1 aromatic carbocycles. The molecule has 24 heavy (non-hydrogen) atoms. The second-order valence-electron chi connectivity index (χ2n) is 6.28. The number of nitrogens with one attached hydrogen (secondary N) is 1. The summed E-state index contributed by atoms with van der Waals surface area (Å²) in [4.78, 5) is 16.4.